The molecule has 0 spiro atoms. The Morgan fingerprint density at radius 3 is 2.04 bits per heavy atom. The second kappa shape index (κ2) is 9.32. The minimum Gasteiger partial charge on any atom is -0.454 e. The quantitative estimate of drug-likeness (QED) is 0.273. The molecule has 0 unspecified atom stereocenters. The van der Waals surface area contributed by atoms with E-state index in [0.717, 1.165) is 13.0 Å². The van der Waals surface area contributed by atoms with E-state index in [4.69, 9.17) is 4.74 Å². The third kappa shape index (κ3) is 4.87. The van der Waals surface area contributed by atoms with Gasteiger partial charge >= 0.3 is 0 Å². The molecule has 0 aromatic heterocycles. The SMILES string of the molecule is C=C(Oc1c(F)c(F)c(F)c(F)c1F)[C@@H]1CCCN1C.C=C[C@@H]1CCCN1. The highest BCUT2D eigenvalue weighted by Crippen LogP contribution is 2.32. The fourth-order valence-corrected chi connectivity index (χ4v) is 3.10. The number of benzene rings is 1. The number of rotatable bonds is 4. The van der Waals surface area contributed by atoms with Gasteiger partial charge in [-0.3, -0.25) is 4.90 Å². The third-order valence-corrected chi connectivity index (χ3v) is 4.68. The number of halogens is 5. The average Bonchev–Trinajstić information content (AvgIpc) is 3.33. The number of likely N-dealkylation sites (tertiary alicyclic amines) is 1. The van der Waals surface area contributed by atoms with Gasteiger partial charge < -0.3 is 10.1 Å². The van der Waals surface area contributed by atoms with E-state index in [1.165, 1.54) is 19.4 Å². The summed E-state index contributed by atoms with van der Waals surface area (Å²) in [5.74, 6) is -11.6. The van der Waals surface area contributed by atoms with E-state index >= 15 is 0 Å². The molecule has 0 radical (unpaired) electrons. The molecule has 3 rings (SSSR count). The molecule has 1 aromatic carbocycles. The Kier molecular flexibility index (Phi) is 7.38. The van der Waals surface area contributed by atoms with Crippen LogP contribution >= 0.6 is 0 Å². The van der Waals surface area contributed by atoms with Gasteiger partial charge in [-0.1, -0.05) is 12.7 Å². The highest BCUT2D eigenvalue weighted by atomic mass is 19.2. The zero-order valence-corrected chi connectivity index (χ0v) is 15.1. The van der Waals surface area contributed by atoms with E-state index in [9.17, 15) is 22.0 Å². The van der Waals surface area contributed by atoms with Crippen molar-refractivity contribution in [3.8, 4) is 5.75 Å². The molecule has 27 heavy (non-hydrogen) atoms. The Bertz CT molecular complexity index is 675. The Morgan fingerprint density at radius 2 is 1.63 bits per heavy atom. The minimum atomic E-state index is -2.21. The van der Waals surface area contributed by atoms with Gasteiger partial charge in [-0.05, 0) is 45.8 Å². The van der Waals surface area contributed by atoms with Crippen LogP contribution in [0.25, 0.3) is 0 Å². The van der Waals surface area contributed by atoms with Crippen molar-refractivity contribution in [2.24, 2.45) is 0 Å². The smallest absolute Gasteiger partial charge is 0.207 e. The van der Waals surface area contributed by atoms with Crippen LogP contribution in [0, 0.1) is 29.1 Å². The lowest BCUT2D eigenvalue weighted by molar-refractivity contribution is 0.247. The summed E-state index contributed by atoms with van der Waals surface area (Å²) < 4.78 is 70.6. The van der Waals surface area contributed by atoms with Gasteiger partial charge in [0.2, 0.25) is 34.8 Å². The third-order valence-electron chi connectivity index (χ3n) is 4.68. The molecule has 2 atom stereocenters. The maximum atomic E-state index is 13.4. The lowest BCUT2D eigenvalue weighted by Crippen LogP contribution is -2.29. The number of likely N-dealkylation sites (N-methyl/N-ethyl adjacent to an activating group) is 1. The highest BCUT2D eigenvalue weighted by Gasteiger charge is 2.30. The van der Waals surface area contributed by atoms with E-state index in [-0.39, 0.29) is 11.8 Å². The molecule has 1 aromatic rings. The molecule has 0 bridgehead atoms. The van der Waals surface area contributed by atoms with Crippen LogP contribution in [0.4, 0.5) is 22.0 Å². The van der Waals surface area contributed by atoms with E-state index in [0.29, 0.717) is 12.5 Å². The molecular formula is C19H23F5N2O. The van der Waals surface area contributed by atoms with E-state index < -0.39 is 34.8 Å². The van der Waals surface area contributed by atoms with Crippen molar-refractivity contribution in [2.45, 2.75) is 37.8 Å². The van der Waals surface area contributed by atoms with Crippen LogP contribution in [0.3, 0.4) is 0 Å². The summed E-state index contributed by atoms with van der Waals surface area (Å²) in [5, 5.41) is 3.29. The van der Waals surface area contributed by atoms with Crippen molar-refractivity contribution in [1.82, 2.24) is 10.2 Å². The van der Waals surface area contributed by atoms with Crippen LogP contribution in [0.15, 0.2) is 25.0 Å². The number of hydrogen-bond acceptors (Lipinski definition) is 3. The van der Waals surface area contributed by atoms with E-state index in [1.807, 2.05) is 11.0 Å². The molecule has 8 heteroatoms. The van der Waals surface area contributed by atoms with Gasteiger partial charge in [-0.2, -0.15) is 8.78 Å². The maximum absolute atomic E-state index is 13.4. The van der Waals surface area contributed by atoms with Crippen molar-refractivity contribution in [3.63, 3.8) is 0 Å². The number of ether oxygens (including phenoxy) is 1. The molecule has 3 nitrogen and oxygen atoms in total. The number of nitrogens with zero attached hydrogens (tertiary/aromatic N) is 1. The van der Waals surface area contributed by atoms with Crippen LogP contribution in [0.5, 0.6) is 5.75 Å². The summed E-state index contributed by atoms with van der Waals surface area (Å²) in [6.45, 7) is 9.11. The predicted molar refractivity (Wildman–Crippen MR) is 92.9 cm³/mol. The molecule has 2 aliphatic rings. The Labute approximate surface area is 155 Å². The average molecular weight is 390 g/mol. The molecule has 0 saturated carbocycles. The maximum Gasteiger partial charge on any atom is 0.207 e. The standard InChI is InChI=1S/C13H12F5NO.C6H11N/c1-6(7-4-3-5-19(7)2)20-13-11(17)9(15)8(14)10(16)12(13)18;1-2-6-4-3-5-7-6/h7H,1,3-5H2,2H3;2,6-7H,1,3-5H2/t7-;6-/m01/s1. The highest BCUT2D eigenvalue weighted by molar-refractivity contribution is 5.31. The largest absolute Gasteiger partial charge is 0.454 e. The zero-order chi connectivity index (χ0) is 20.1. The normalized spacial score (nSPS) is 22.3. The van der Waals surface area contributed by atoms with Crippen molar-refractivity contribution >= 4 is 0 Å². The van der Waals surface area contributed by atoms with E-state index in [1.54, 1.807) is 7.05 Å². The Morgan fingerprint density at radius 1 is 1.04 bits per heavy atom. The van der Waals surface area contributed by atoms with E-state index in [2.05, 4.69) is 18.5 Å². The lowest BCUT2D eigenvalue weighted by Gasteiger charge is -2.22. The fraction of sp³-hybridized carbons (Fsp3) is 0.474. The molecule has 2 fully saturated rings. The first-order chi connectivity index (χ1) is 12.8. The van der Waals surface area contributed by atoms with Gasteiger partial charge in [0.15, 0.2) is 0 Å². The second-order valence-electron chi connectivity index (χ2n) is 6.54. The molecule has 0 amide bonds. The van der Waals surface area contributed by atoms with Crippen LogP contribution in [0.2, 0.25) is 0 Å². The van der Waals surface area contributed by atoms with Crippen molar-refractivity contribution in [2.75, 3.05) is 20.1 Å². The summed E-state index contributed by atoms with van der Waals surface area (Å²) in [5.41, 5.74) is 0. The zero-order valence-electron chi connectivity index (χ0n) is 15.1. The summed E-state index contributed by atoms with van der Waals surface area (Å²) in [7, 11) is 1.75. The van der Waals surface area contributed by atoms with Gasteiger partial charge in [0.1, 0.15) is 5.76 Å². The van der Waals surface area contributed by atoms with Crippen LogP contribution < -0.4 is 10.1 Å². The summed E-state index contributed by atoms with van der Waals surface area (Å²) in [4.78, 5) is 1.83. The second-order valence-corrected chi connectivity index (χ2v) is 6.54. The van der Waals surface area contributed by atoms with Gasteiger partial charge in [0.05, 0.1) is 6.04 Å². The van der Waals surface area contributed by atoms with Crippen LogP contribution in [0.1, 0.15) is 25.7 Å². The molecular weight excluding hydrogens is 367 g/mol. The predicted octanol–water partition coefficient (Wildman–Crippen LogP) is 4.29. The Balaban J connectivity index is 0.000000313. The molecule has 2 aliphatic heterocycles. The van der Waals surface area contributed by atoms with Crippen LogP contribution in [-0.2, 0) is 0 Å². The van der Waals surface area contributed by atoms with Crippen molar-refractivity contribution < 1.29 is 26.7 Å². The molecule has 1 N–H and O–H groups in total. The van der Waals surface area contributed by atoms with Gasteiger partial charge in [0, 0.05) is 6.04 Å². The summed E-state index contributed by atoms with van der Waals surface area (Å²) in [6, 6.07) is 0.296. The molecule has 150 valence electrons. The van der Waals surface area contributed by atoms with Gasteiger partial charge in [-0.15, -0.1) is 6.58 Å². The van der Waals surface area contributed by atoms with Gasteiger partial charge in [-0.25, -0.2) is 13.2 Å². The monoisotopic (exact) mass is 390 g/mol. The molecule has 0 aliphatic carbocycles. The number of nitrogens with one attached hydrogen (secondary N) is 1. The lowest BCUT2D eigenvalue weighted by atomic mass is 10.2. The Hall–Kier alpha value is -1.93. The molecule has 2 saturated heterocycles. The van der Waals surface area contributed by atoms with Gasteiger partial charge in [0.25, 0.3) is 0 Å². The molecule has 2 heterocycles. The first-order valence-electron chi connectivity index (χ1n) is 8.72. The first-order valence-corrected chi connectivity index (χ1v) is 8.72. The van der Waals surface area contributed by atoms with Crippen LogP contribution in [-0.4, -0.2) is 37.1 Å². The number of hydrogen-bond donors (Lipinski definition) is 1. The fourth-order valence-electron chi connectivity index (χ4n) is 3.10. The summed E-state index contributed by atoms with van der Waals surface area (Å²) in [6.07, 6.45) is 6.05. The minimum absolute atomic E-state index is 0.0480. The summed E-state index contributed by atoms with van der Waals surface area (Å²) >= 11 is 0. The van der Waals surface area contributed by atoms with Crippen molar-refractivity contribution in [3.05, 3.63) is 54.1 Å². The first kappa shape index (κ1) is 21.4. The van der Waals surface area contributed by atoms with Crippen molar-refractivity contribution in [1.29, 1.82) is 0 Å². The topological polar surface area (TPSA) is 24.5 Å².